The van der Waals surface area contributed by atoms with Crippen LogP contribution in [0.5, 0.6) is 0 Å². The minimum absolute atomic E-state index is 0.124. The molecule has 1 saturated heterocycles. The van der Waals surface area contributed by atoms with Crippen LogP contribution >= 0.6 is 0 Å². The summed E-state index contributed by atoms with van der Waals surface area (Å²) in [5.41, 5.74) is -0.249. The summed E-state index contributed by atoms with van der Waals surface area (Å²) in [6.07, 6.45) is 2.36. The lowest BCUT2D eigenvalue weighted by Gasteiger charge is -2.55. The smallest absolute Gasteiger partial charge is 0.0900 e. The summed E-state index contributed by atoms with van der Waals surface area (Å²) < 4.78 is 5.30. The van der Waals surface area contributed by atoms with E-state index in [0.717, 1.165) is 12.8 Å². The Morgan fingerprint density at radius 3 is 2.32 bits per heavy atom. The van der Waals surface area contributed by atoms with Crippen molar-refractivity contribution in [2.75, 3.05) is 19.8 Å². The van der Waals surface area contributed by atoms with Gasteiger partial charge in [0.1, 0.15) is 0 Å². The summed E-state index contributed by atoms with van der Waals surface area (Å²) in [5.74, 6) is 0. The van der Waals surface area contributed by atoms with E-state index >= 15 is 0 Å². The number of hydrogen-bond acceptors (Lipinski definition) is 4. The van der Waals surface area contributed by atoms with Gasteiger partial charge in [-0.3, -0.25) is 4.90 Å². The van der Waals surface area contributed by atoms with E-state index in [0.29, 0.717) is 19.8 Å². The number of hydrogen-bond donors (Lipinski definition) is 2. The van der Waals surface area contributed by atoms with Gasteiger partial charge >= 0.3 is 0 Å². The predicted molar refractivity (Wildman–Crippen MR) is 77.1 cm³/mol. The third-order valence-corrected chi connectivity index (χ3v) is 3.87. The van der Waals surface area contributed by atoms with E-state index in [9.17, 15) is 10.2 Å². The Hall–Kier alpha value is -0.420. The van der Waals surface area contributed by atoms with Gasteiger partial charge in [-0.25, -0.2) is 0 Å². The number of piperidine rings is 1. The molecule has 4 nitrogen and oxygen atoms in total. The molecule has 1 aliphatic heterocycles. The average Bonchev–Trinajstić information content (AvgIpc) is 2.22. The van der Waals surface area contributed by atoms with Gasteiger partial charge in [0.25, 0.3) is 0 Å². The monoisotopic (exact) mass is 271 g/mol. The highest BCUT2D eigenvalue weighted by Gasteiger charge is 2.45. The van der Waals surface area contributed by atoms with Crippen LogP contribution in [0.25, 0.3) is 0 Å². The first-order valence-electron chi connectivity index (χ1n) is 7.01. The third-order valence-electron chi connectivity index (χ3n) is 3.87. The first-order chi connectivity index (χ1) is 8.69. The van der Waals surface area contributed by atoms with Crippen LogP contribution < -0.4 is 0 Å². The van der Waals surface area contributed by atoms with E-state index in [2.05, 4.69) is 39.2 Å². The van der Waals surface area contributed by atoms with Gasteiger partial charge in [-0.15, -0.1) is 6.58 Å². The molecule has 2 N–H and O–H groups in total. The molecular weight excluding hydrogens is 242 g/mol. The fourth-order valence-corrected chi connectivity index (χ4v) is 3.31. The van der Waals surface area contributed by atoms with Gasteiger partial charge in [-0.2, -0.15) is 0 Å². The minimum atomic E-state index is -0.520. The molecule has 1 heterocycles. The quantitative estimate of drug-likeness (QED) is 0.569. The molecule has 0 amide bonds. The number of β-amino-alcohol motifs (C(OH)–C–C–N with tert-alkyl or cyclic N) is 1. The number of rotatable bonds is 6. The van der Waals surface area contributed by atoms with Crippen LogP contribution in [0.1, 0.15) is 40.5 Å². The summed E-state index contributed by atoms with van der Waals surface area (Å²) in [6, 6.07) is 0. The fourth-order valence-electron chi connectivity index (χ4n) is 3.31. The van der Waals surface area contributed by atoms with Crippen molar-refractivity contribution in [3.63, 3.8) is 0 Å². The van der Waals surface area contributed by atoms with Crippen LogP contribution in [0.15, 0.2) is 12.7 Å². The molecule has 19 heavy (non-hydrogen) atoms. The highest BCUT2D eigenvalue weighted by molar-refractivity contribution is 5.00. The zero-order chi connectivity index (χ0) is 14.7. The fraction of sp³-hybridized carbons (Fsp3) is 0.867. The van der Waals surface area contributed by atoms with E-state index in [1.54, 1.807) is 6.08 Å². The van der Waals surface area contributed by atoms with Crippen LogP contribution in [0, 0.1) is 0 Å². The van der Waals surface area contributed by atoms with Crippen LogP contribution in [-0.2, 0) is 4.74 Å². The number of nitrogens with zero attached hydrogens (tertiary/aromatic N) is 1. The van der Waals surface area contributed by atoms with Gasteiger partial charge in [0, 0.05) is 17.6 Å². The molecule has 1 rings (SSSR count). The van der Waals surface area contributed by atoms with Crippen molar-refractivity contribution in [3.05, 3.63) is 12.7 Å². The maximum absolute atomic E-state index is 10.1. The molecule has 1 atom stereocenters. The van der Waals surface area contributed by atoms with Crippen molar-refractivity contribution < 1.29 is 14.9 Å². The molecule has 0 aromatic heterocycles. The zero-order valence-corrected chi connectivity index (χ0v) is 12.7. The van der Waals surface area contributed by atoms with E-state index in [4.69, 9.17) is 4.74 Å². The molecule has 0 radical (unpaired) electrons. The Bertz CT molecular complexity index is 284. The molecule has 0 bridgehead atoms. The van der Waals surface area contributed by atoms with E-state index in [1.807, 2.05) is 0 Å². The van der Waals surface area contributed by atoms with Crippen LogP contribution in [0.2, 0.25) is 0 Å². The van der Waals surface area contributed by atoms with Crippen LogP contribution in [-0.4, -0.2) is 58.2 Å². The summed E-state index contributed by atoms with van der Waals surface area (Å²) in [7, 11) is 0. The van der Waals surface area contributed by atoms with Crippen molar-refractivity contribution in [2.45, 2.75) is 63.8 Å². The summed E-state index contributed by atoms with van der Waals surface area (Å²) in [5, 5.41) is 20.1. The number of likely N-dealkylation sites (tertiary alicyclic amines) is 1. The summed E-state index contributed by atoms with van der Waals surface area (Å²) in [6.45, 7) is 13.4. The van der Waals surface area contributed by atoms with Gasteiger partial charge in [0.15, 0.2) is 0 Å². The Labute approximate surface area is 117 Å². The molecule has 1 aliphatic rings. The van der Waals surface area contributed by atoms with Gasteiger partial charge < -0.3 is 14.9 Å². The standard InChI is InChI=1S/C15H29NO3/c1-6-7-19-11-13(18)10-16-14(2,3)8-12(17)9-15(16,4)5/h6,12-13,17-18H,1,7-11H2,2-5H3/t13-/m1/s1. The molecule has 4 heteroatoms. The van der Waals surface area contributed by atoms with Crippen LogP contribution in [0.4, 0.5) is 0 Å². The lowest BCUT2D eigenvalue weighted by Crippen LogP contribution is -2.63. The lowest BCUT2D eigenvalue weighted by atomic mass is 9.78. The Morgan fingerprint density at radius 2 is 1.84 bits per heavy atom. The Morgan fingerprint density at radius 1 is 1.32 bits per heavy atom. The molecule has 0 unspecified atom stereocenters. The van der Waals surface area contributed by atoms with Crippen molar-refractivity contribution in [1.29, 1.82) is 0 Å². The Kier molecular flexibility index (Phi) is 5.56. The molecular formula is C15H29NO3. The first-order valence-corrected chi connectivity index (χ1v) is 7.01. The highest BCUT2D eigenvalue weighted by Crippen LogP contribution is 2.38. The molecule has 0 aromatic carbocycles. The second kappa shape index (κ2) is 6.35. The van der Waals surface area contributed by atoms with Crippen molar-refractivity contribution in [3.8, 4) is 0 Å². The predicted octanol–water partition coefficient (Wildman–Crippen LogP) is 1.56. The topological polar surface area (TPSA) is 52.9 Å². The first kappa shape index (κ1) is 16.6. The molecule has 0 spiro atoms. The van der Waals surface area contributed by atoms with Gasteiger partial charge in [-0.1, -0.05) is 6.08 Å². The average molecular weight is 271 g/mol. The highest BCUT2D eigenvalue weighted by atomic mass is 16.5. The number of aliphatic hydroxyl groups is 2. The van der Waals surface area contributed by atoms with Crippen LogP contribution in [0.3, 0.4) is 0 Å². The molecule has 0 aliphatic carbocycles. The molecule has 0 saturated carbocycles. The van der Waals surface area contributed by atoms with E-state index < -0.39 is 6.10 Å². The zero-order valence-electron chi connectivity index (χ0n) is 12.7. The Balaban J connectivity index is 2.64. The molecule has 112 valence electrons. The SMILES string of the molecule is C=CCOC[C@H](O)CN1C(C)(C)CC(O)CC1(C)C. The minimum Gasteiger partial charge on any atom is -0.393 e. The van der Waals surface area contributed by atoms with Gasteiger partial charge in [-0.05, 0) is 40.5 Å². The van der Waals surface area contributed by atoms with E-state index in [1.165, 1.54) is 0 Å². The van der Waals surface area contributed by atoms with Gasteiger partial charge in [0.2, 0.25) is 0 Å². The number of aliphatic hydroxyl groups excluding tert-OH is 2. The van der Waals surface area contributed by atoms with Gasteiger partial charge in [0.05, 0.1) is 25.4 Å². The maximum Gasteiger partial charge on any atom is 0.0900 e. The molecule has 0 aromatic rings. The lowest BCUT2D eigenvalue weighted by molar-refractivity contribution is -0.104. The second-order valence-electron chi connectivity index (χ2n) is 6.78. The van der Waals surface area contributed by atoms with Crippen molar-refractivity contribution in [2.24, 2.45) is 0 Å². The largest absolute Gasteiger partial charge is 0.393 e. The van der Waals surface area contributed by atoms with Crippen molar-refractivity contribution >= 4 is 0 Å². The summed E-state index contributed by atoms with van der Waals surface area (Å²) in [4.78, 5) is 2.29. The number of ether oxygens (including phenoxy) is 1. The normalized spacial score (nSPS) is 25.2. The maximum atomic E-state index is 10.1. The summed E-state index contributed by atoms with van der Waals surface area (Å²) >= 11 is 0. The third kappa shape index (κ3) is 4.56. The molecule has 1 fully saturated rings. The second-order valence-corrected chi connectivity index (χ2v) is 6.78. The van der Waals surface area contributed by atoms with E-state index in [-0.39, 0.29) is 17.2 Å². The van der Waals surface area contributed by atoms with Crippen molar-refractivity contribution in [1.82, 2.24) is 4.90 Å².